The maximum atomic E-state index is 11.3. The lowest BCUT2D eigenvalue weighted by Gasteiger charge is -2.05. The van der Waals surface area contributed by atoms with Gasteiger partial charge in [0.25, 0.3) is 0 Å². The Labute approximate surface area is 106 Å². The van der Waals surface area contributed by atoms with Gasteiger partial charge in [-0.15, -0.1) is 0 Å². The molecule has 0 aliphatic rings. The van der Waals surface area contributed by atoms with Crippen molar-refractivity contribution < 1.29 is 16.8 Å². The summed E-state index contributed by atoms with van der Waals surface area (Å²) in [5.41, 5.74) is 0. The van der Waals surface area contributed by atoms with Gasteiger partial charge in [0.2, 0.25) is 0 Å². The third kappa shape index (κ3) is 12.1. The van der Waals surface area contributed by atoms with Gasteiger partial charge in [0.15, 0.2) is 0 Å². The summed E-state index contributed by atoms with van der Waals surface area (Å²) < 4.78 is 32.0. The molecule has 0 saturated heterocycles. The molecule has 0 unspecified atom stereocenters. The van der Waals surface area contributed by atoms with E-state index in [2.05, 4.69) is 13.8 Å². The van der Waals surface area contributed by atoms with E-state index in [0.29, 0.717) is 0 Å². The molecule has 0 spiro atoms. The van der Waals surface area contributed by atoms with Crippen molar-refractivity contribution in [2.24, 2.45) is 0 Å². The summed E-state index contributed by atoms with van der Waals surface area (Å²) in [6.45, 7) is 4.68. The van der Waals surface area contributed by atoms with Crippen LogP contribution in [0, 0.1) is 0 Å². The Morgan fingerprint density at radius 1 is 0.706 bits per heavy atom. The number of hydrogen-bond acceptors (Lipinski definition) is 4. The monoisotopic (exact) mass is 266 g/mol. The summed E-state index contributed by atoms with van der Waals surface area (Å²) in [7, 11) is -3.76. The predicted molar refractivity (Wildman–Crippen MR) is 69.1 cm³/mol. The summed E-state index contributed by atoms with van der Waals surface area (Å²) in [5.74, 6) is 0. The molecule has 0 N–H and O–H groups in total. The van der Waals surface area contributed by atoms with Crippen LogP contribution < -0.4 is 0 Å². The third-order valence-corrected chi connectivity index (χ3v) is 3.36. The van der Waals surface area contributed by atoms with E-state index in [4.69, 9.17) is 8.37 Å². The molecule has 17 heavy (non-hydrogen) atoms. The first kappa shape index (κ1) is 16.9. The lowest BCUT2D eigenvalue weighted by Crippen LogP contribution is -2.12. The van der Waals surface area contributed by atoms with E-state index in [1.54, 1.807) is 0 Å². The quantitative estimate of drug-likeness (QED) is 0.508. The molecule has 0 saturated carbocycles. The Bertz CT molecular complexity index is 229. The average molecular weight is 266 g/mol. The third-order valence-electron chi connectivity index (χ3n) is 2.45. The Morgan fingerprint density at radius 2 is 1.12 bits per heavy atom. The Morgan fingerprint density at radius 3 is 1.47 bits per heavy atom. The van der Waals surface area contributed by atoms with Gasteiger partial charge in [-0.2, -0.15) is 8.42 Å². The van der Waals surface area contributed by atoms with E-state index in [-0.39, 0.29) is 13.2 Å². The van der Waals surface area contributed by atoms with Crippen molar-refractivity contribution in [3.8, 4) is 0 Å². The van der Waals surface area contributed by atoms with Gasteiger partial charge in [-0.1, -0.05) is 52.4 Å². The highest BCUT2D eigenvalue weighted by Gasteiger charge is 2.10. The molecule has 0 radical (unpaired) electrons. The molecule has 104 valence electrons. The van der Waals surface area contributed by atoms with Gasteiger partial charge in [0.05, 0.1) is 13.2 Å². The highest BCUT2D eigenvalue weighted by Crippen LogP contribution is 2.05. The second kappa shape index (κ2) is 11.0. The topological polar surface area (TPSA) is 52.6 Å². The van der Waals surface area contributed by atoms with Crippen LogP contribution in [0.5, 0.6) is 0 Å². The fourth-order valence-corrected chi connectivity index (χ4v) is 2.13. The van der Waals surface area contributed by atoms with Gasteiger partial charge in [0, 0.05) is 0 Å². The number of unbranched alkanes of at least 4 members (excludes halogenated alkanes) is 6. The Hall–Kier alpha value is -0.130. The Kier molecular flexibility index (Phi) is 10.9. The lowest BCUT2D eigenvalue weighted by molar-refractivity contribution is 0.208. The summed E-state index contributed by atoms with van der Waals surface area (Å²) in [6.07, 6.45) is 8.02. The van der Waals surface area contributed by atoms with E-state index in [0.717, 1.165) is 51.4 Å². The SMILES string of the molecule is CCCCCCOS(=O)(=O)OCCCCCC. The molecule has 0 aromatic heterocycles. The normalized spacial score (nSPS) is 11.9. The number of rotatable bonds is 12. The lowest BCUT2D eigenvalue weighted by atomic mass is 10.2. The van der Waals surface area contributed by atoms with Gasteiger partial charge in [-0.25, -0.2) is 8.37 Å². The van der Waals surface area contributed by atoms with Crippen molar-refractivity contribution in [1.82, 2.24) is 0 Å². The molecule has 0 fully saturated rings. The summed E-state index contributed by atoms with van der Waals surface area (Å²) in [6, 6.07) is 0. The molecule has 0 aromatic rings. The maximum Gasteiger partial charge on any atom is 0.399 e. The van der Waals surface area contributed by atoms with Crippen molar-refractivity contribution >= 4 is 10.4 Å². The van der Waals surface area contributed by atoms with E-state index in [1.807, 2.05) is 0 Å². The van der Waals surface area contributed by atoms with Gasteiger partial charge in [-0.3, -0.25) is 0 Å². The van der Waals surface area contributed by atoms with Crippen molar-refractivity contribution in [3.05, 3.63) is 0 Å². The van der Waals surface area contributed by atoms with Crippen LogP contribution in [-0.4, -0.2) is 21.6 Å². The molecule has 0 aliphatic heterocycles. The van der Waals surface area contributed by atoms with Crippen LogP contribution in [-0.2, 0) is 18.8 Å². The van der Waals surface area contributed by atoms with E-state index in [1.165, 1.54) is 0 Å². The first-order valence-corrected chi connectivity index (χ1v) is 7.99. The van der Waals surface area contributed by atoms with Crippen molar-refractivity contribution in [2.75, 3.05) is 13.2 Å². The molecular formula is C12H26O4S. The molecule has 0 atom stereocenters. The largest absolute Gasteiger partial charge is 0.399 e. The van der Waals surface area contributed by atoms with Gasteiger partial charge >= 0.3 is 10.4 Å². The van der Waals surface area contributed by atoms with Crippen molar-refractivity contribution in [3.63, 3.8) is 0 Å². The molecule has 0 aromatic carbocycles. The van der Waals surface area contributed by atoms with Crippen molar-refractivity contribution in [1.29, 1.82) is 0 Å². The molecule has 0 aliphatic carbocycles. The van der Waals surface area contributed by atoms with Crippen LogP contribution >= 0.6 is 0 Å². The Balaban J connectivity index is 3.46. The summed E-state index contributed by atoms with van der Waals surface area (Å²) in [4.78, 5) is 0. The van der Waals surface area contributed by atoms with Crippen LogP contribution in [0.25, 0.3) is 0 Å². The zero-order valence-electron chi connectivity index (χ0n) is 11.1. The summed E-state index contributed by atoms with van der Waals surface area (Å²) >= 11 is 0. The van der Waals surface area contributed by atoms with Crippen molar-refractivity contribution in [2.45, 2.75) is 65.2 Å². The smallest absolute Gasteiger partial charge is 0.248 e. The fraction of sp³-hybridized carbons (Fsp3) is 1.00. The molecular weight excluding hydrogens is 240 g/mol. The minimum atomic E-state index is -3.76. The van der Waals surface area contributed by atoms with Crippen LogP contribution in [0.2, 0.25) is 0 Å². The molecule has 5 heteroatoms. The predicted octanol–water partition coefficient (Wildman–Crippen LogP) is 3.43. The summed E-state index contributed by atoms with van der Waals surface area (Å²) in [5, 5.41) is 0. The second-order valence-electron chi connectivity index (χ2n) is 4.17. The van der Waals surface area contributed by atoms with Crippen LogP contribution in [0.15, 0.2) is 0 Å². The molecule has 4 nitrogen and oxygen atoms in total. The second-order valence-corrected chi connectivity index (χ2v) is 5.46. The zero-order valence-corrected chi connectivity index (χ0v) is 11.9. The minimum Gasteiger partial charge on any atom is -0.248 e. The van der Waals surface area contributed by atoms with E-state index < -0.39 is 10.4 Å². The molecule has 0 rings (SSSR count). The molecule has 0 amide bonds. The highest BCUT2D eigenvalue weighted by atomic mass is 32.3. The van der Waals surface area contributed by atoms with E-state index in [9.17, 15) is 8.42 Å². The van der Waals surface area contributed by atoms with E-state index >= 15 is 0 Å². The minimum absolute atomic E-state index is 0.233. The van der Waals surface area contributed by atoms with Gasteiger partial charge in [0.1, 0.15) is 0 Å². The van der Waals surface area contributed by atoms with Crippen LogP contribution in [0.4, 0.5) is 0 Å². The first-order chi connectivity index (χ1) is 8.12. The standard InChI is InChI=1S/C12H26O4S/c1-3-5-7-9-11-15-17(13,14)16-12-10-8-6-4-2/h3-12H2,1-2H3. The number of hydrogen-bond donors (Lipinski definition) is 0. The van der Waals surface area contributed by atoms with Crippen LogP contribution in [0.1, 0.15) is 65.2 Å². The average Bonchev–Trinajstić information content (AvgIpc) is 2.28. The maximum absolute atomic E-state index is 11.3. The molecule has 0 bridgehead atoms. The fourth-order valence-electron chi connectivity index (χ4n) is 1.41. The van der Waals surface area contributed by atoms with Gasteiger partial charge < -0.3 is 0 Å². The zero-order chi connectivity index (χ0) is 13.0. The van der Waals surface area contributed by atoms with Gasteiger partial charge in [-0.05, 0) is 12.8 Å². The highest BCUT2D eigenvalue weighted by molar-refractivity contribution is 7.81. The molecule has 0 heterocycles. The van der Waals surface area contributed by atoms with Crippen LogP contribution in [0.3, 0.4) is 0 Å². The first-order valence-electron chi connectivity index (χ1n) is 6.66.